The van der Waals surface area contributed by atoms with E-state index in [-0.39, 0.29) is 0 Å². The first-order chi connectivity index (χ1) is 12.7. The highest BCUT2D eigenvalue weighted by Crippen LogP contribution is 2.30. The summed E-state index contributed by atoms with van der Waals surface area (Å²) in [4.78, 5) is 8.37. The Bertz CT molecular complexity index is 988. The fourth-order valence-electron chi connectivity index (χ4n) is 2.70. The van der Waals surface area contributed by atoms with E-state index in [0.29, 0.717) is 33.3 Å². The summed E-state index contributed by atoms with van der Waals surface area (Å²) in [6, 6.07) is 7.06. The molecule has 0 saturated carbocycles. The molecule has 0 amide bonds. The van der Waals surface area contributed by atoms with Gasteiger partial charge in [-0.1, -0.05) is 11.6 Å². The Kier molecular flexibility index (Phi) is 5.55. The Balaban J connectivity index is 1.93. The van der Waals surface area contributed by atoms with Crippen molar-refractivity contribution in [2.45, 2.75) is 37.5 Å². The van der Waals surface area contributed by atoms with Crippen molar-refractivity contribution in [1.29, 1.82) is 0 Å². The minimum atomic E-state index is -4.53. The minimum absolute atomic E-state index is 0.334. The van der Waals surface area contributed by atoms with Crippen molar-refractivity contribution >= 4 is 33.6 Å². The number of nitrogens with zero attached hydrogens (tertiary/aromatic N) is 3. The quantitative estimate of drug-likeness (QED) is 0.666. The van der Waals surface area contributed by atoms with Gasteiger partial charge in [0.2, 0.25) is 0 Å². The largest absolute Gasteiger partial charge is 0.433 e. The number of halogens is 4. The van der Waals surface area contributed by atoms with Crippen molar-refractivity contribution < 1.29 is 17.4 Å². The molecule has 0 fully saturated rings. The Morgan fingerprint density at radius 3 is 2.56 bits per heavy atom. The van der Waals surface area contributed by atoms with Crippen LogP contribution < -0.4 is 4.72 Å². The third-order valence-corrected chi connectivity index (χ3v) is 5.49. The van der Waals surface area contributed by atoms with Gasteiger partial charge in [0.25, 0.3) is 0 Å². The summed E-state index contributed by atoms with van der Waals surface area (Å²) < 4.78 is 55.9. The van der Waals surface area contributed by atoms with E-state index in [4.69, 9.17) is 11.6 Å². The SMILES string of the molecule is CCn1c([C@@H](C)NS(=O)c2ccc(Cl)cc2)nc2cnc(C(F)(F)F)cc21. The second-order valence-corrected chi connectivity index (χ2v) is 7.51. The van der Waals surface area contributed by atoms with Crippen LogP contribution in [0.15, 0.2) is 41.4 Å². The van der Waals surface area contributed by atoms with E-state index in [0.717, 1.165) is 12.3 Å². The molecule has 144 valence electrons. The standard InChI is InChI=1S/C17H16ClF3N4OS/c1-3-25-14-8-15(17(19,20)21)22-9-13(14)23-16(25)10(2)24-27(26)12-6-4-11(18)5-7-12/h4-10,24H,3H2,1-2H3/t10-,27?/m1/s1. The lowest BCUT2D eigenvalue weighted by Crippen LogP contribution is -2.24. The van der Waals surface area contributed by atoms with Crippen LogP contribution in [0, 0.1) is 0 Å². The Hall–Kier alpha value is -1.97. The Labute approximate surface area is 161 Å². The lowest BCUT2D eigenvalue weighted by atomic mass is 10.3. The van der Waals surface area contributed by atoms with Crippen LogP contribution in [0.4, 0.5) is 13.2 Å². The molecule has 27 heavy (non-hydrogen) atoms. The number of aryl methyl sites for hydroxylation is 1. The fraction of sp³-hybridized carbons (Fsp3) is 0.294. The molecule has 2 atom stereocenters. The van der Waals surface area contributed by atoms with Crippen molar-refractivity contribution in [3.63, 3.8) is 0 Å². The van der Waals surface area contributed by atoms with Crippen molar-refractivity contribution in [3.05, 3.63) is 53.1 Å². The summed E-state index contributed by atoms with van der Waals surface area (Å²) in [6.45, 7) is 3.97. The summed E-state index contributed by atoms with van der Waals surface area (Å²) >= 11 is 5.83. The number of pyridine rings is 1. The van der Waals surface area contributed by atoms with E-state index in [1.165, 1.54) is 0 Å². The number of benzene rings is 1. The van der Waals surface area contributed by atoms with Crippen LogP contribution in [-0.2, 0) is 23.7 Å². The number of alkyl halides is 3. The fourth-order valence-corrected chi connectivity index (χ4v) is 3.78. The maximum absolute atomic E-state index is 13.0. The number of rotatable bonds is 5. The molecule has 0 aliphatic rings. The molecule has 1 aromatic carbocycles. The normalized spacial score (nSPS) is 14.4. The van der Waals surface area contributed by atoms with Crippen molar-refractivity contribution in [2.75, 3.05) is 0 Å². The summed E-state index contributed by atoms with van der Waals surface area (Å²) in [5.41, 5.74) is -0.284. The van der Waals surface area contributed by atoms with Crippen LogP contribution in [0.25, 0.3) is 11.0 Å². The van der Waals surface area contributed by atoms with Gasteiger partial charge in [0, 0.05) is 11.6 Å². The van der Waals surface area contributed by atoms with Gasteiger partial charge in [-0.15, -0.1) is 0 Å². The number of imidazole rings is 1. The second-order valence-electron chi connectivity index (χ2n) is 5.83. The third-order valence-electron chi connectivity index (χ3n) is 3.97. The number of hydrogen-bond acceptors (Lipinski definition) is 3. The number of aromatic nitrogens is 3. The topological polar surface area (TPSA) is 59.8 Å². The molecule has 0 saturated heterocycles. The highest BCUT2D eigenvalue weighted by molar-refractivity contribution is 7.83. The van der Waals surface area contributed by atoms with Crippen LogP contribution in [0.5, 0.6) is 0 Å². The van der Waals surface area contributed by atoms with Gasteiger partial charge >= 0.3 is 6.18 Å². The minimum Gasteiger partial charge on any atom is -0.327 e. The zero-order chi connectivity index (χ0) is 19.8. The lowest BCUT2D eigenvalue weighted by Gasteiger charge is -2.15. The molecule has 2 heterocycles. The van der Waals surface area contributed by atoms with Crippen molar-refractivity contribution in [3.8, 4) is 0 Å². The van der Waals surface area contributed by atoms with Gasteiger partial charge in [0.15, 0.2) is 0 Å². The van der Waals surface area contributed by atoms with Gasteiger partial charge in [-0.3, -0.25) is 0 Å². The van der Waals surface area contributed by atoms with Gasteiger partial charge in [-0.2, -0.15) is 13.2 Å². The van der Waals surface area contributed by atoms with Gasteiger partial charge in [-0.25, -0.2) is 18.9 Å². The zero-order valence-electron chi connectivity index (χ0n) is 14.4. The molecule has 0 radical (unpaired) electrons. The highest BCUT2D eigenvalue weighted by atomic mass is 35.5. The molecule has 3 aromatic rings. The molecule has 0 aliphatic heterocycles. The van der Waals surface area contributed by atoms with Crippen LogP contribution in [0.3, 0.4) is 0 Å². The third kappa shape index (κ3) is 4.15. The van der Waals surface area contributed by atoms with E-state index in [1.807, 2.05) is 0 Å². The van der Waals surface area contributed by atoms with E-state index in [2.05, 4.69) is 14.7 Å². The predicted molar refractivity (Wildman–Crippen MR) is 97.6 cm³/mol. The molecule has 10 heteroatoms. The van der Waals surface area contributed by atoms with Crippen LogP contribution in [-0.4, -0.2) is 18.7 Å². The molecule has 1 N–H and O–H groups in total. The van der Waals surface area contributed by atoms with E-state index >= 15 is 0 Å². The van der Waals surface area contributed by atoms with Gasteiger partial charge in [-0.05, 0) is 44.2 Å². The second kappa shape index (κ2) is 7.57. The Morgan fingerprint density at radius 1 is 1.30 bits per heavy atom. The van der Waals surface area contributed by atoms with E-state index in [9.17, 15) is 17.4 Å². The van der Waals surface area contributed by atoms with Gasteiger partial charge in [0.05, 0.1) is 22.7 Å². The molecule has 3 rings (SSSR count). The number of hydrogen-bond donors (Lipinski definition) is 1. The molecule has 0 spiro atoms. The summed E-state index contributed by atoms with van der Waals surface area (Å²) in [5.74, 6) is 0.482. The van der Waals surface area contributed by atoms with E-state index in [1.54, 1.807) is 42.7 Å². The van der Waals surface area contributed by atoms with Gasteiger partial charge in [0.1, 0.15) is 28.0 Å². The predicted octanol–water partition coefficient (Wildman–Crippen LogP) is 4.50. The maximum Gasteiger partial charge on any atom is 0.433 e. The van der Waals surface area contributed by atoms with Gasteiger partial charge < -0.3 is 4.57 Å². The molecule has 0 aliphatic carbocycles. The lowest BCUT2D eigenvalue weighted by molar-refractivity contribution is -0.141. The van der Waals surface area contributed by atoms with E-state index < -0.39 is 28.9 Å². The van der Waals surface area contributed by atoms with Crippen LogP contribution in [0.1, 0.15) is 31.4 Å². The maximum atomic E-state index is 13.0. The van der Waals surface area contributed by atoms with Crippen molar-refractivity contribution in [1.82, 2.24) is 19.3 Å². The Morgan fingerprint density at radius 2 is 1.96 bits per heavy atom. The first-order valence-corrected chi connectivity index (χ1v) is 9.60. The summed E-state index contributed by atoms with van der Waals surface area (Å²) in [7, 11) is -1.53. The molecule has 0 bridgehead atoms. The molecule has 5 nitrogen and oxygen atoms in total. The molecular formula is C17H16ClF3N4OS. The number of nitrogens with one attached hydrogen (secondary N) is 1. The summed E-state index contributed by atoms with van der Waals surface area (Å²) in [5, 5.41) is 0.532. The smallest absolute Gasteiger partial charge is 0.327 e. The number of fused-ring (bicyclic) bond motifs is 1. The van der Waals surface area contributed by atoms with Crippen molar-refractivity contribution in [2.24, 2.45) is 0 Å². The first-order valence-electron chi connectivity index (χ1n) is 8.07. The monoisotopic (exact) mass is 416 g/mol. The summed E-state index contributed by atoms with van der Waals surface area (Å²) in [6.07, 6.45) is -3.42. The molecule has 1 unspecified atom stereocenters. The first kappa shape index (κ1) is 19.8. The highest BCUT2D eigenvalue weighted by Gasteiger charge is 2.33. The molecule has 2 aromatic heterocycles. The average Bonchev–Trinajstić information content (AvgIpc) is 2.99. The van der Waals surface area contributed by atoms with Crippen LogP contribution in [0.2, 0.25) is 5.02 Å². The van der Waals surface area contributed by atoms with Crippen LogP contribution >= 0.6 is 11.6 Å². The zero-order valence-corrected chi connectivity index (χ0v) is 16.0. The average molecular weight is 417 g/mol. The molecular weight excluding hydrogens is 401 g/mol.